The van der Waals surface area contributed by atoms with Gasteiger partial charge >= 0.3 is 0 Å². The van der Waals surface area contributed by atoms with E-state index in [4.69, 9.17) is 4.55 Å². The Bertz CT molecular complexity index is 209. The monoisotopic (exact) mass is 209 g/mol. The van der Waals surface area contributed by atoms with Crippen LogP contribution in [0.1, 0.15) is 33.1 Å². The van der Waals surface area contributed by atoms with Gasteiger partial charge in [0.25, 0.3) is 10.1 Å². The summed E-state index contributed by atoms with van der Waals surface area (Å²) in [6.07, 6.45) is 2.56. The quantitative estimate of drug-likeness (QED) is 0.486. The molecule has 80 valence electrons. The number of rotatable bonds is 7. The Labute approximate surface area is 80.5 Å². The lowest BCUT2D eigenvalue weighted by Gasteiger charge is -2.13. The smallest absolute Gasteiger partial charge is 0.264 e. The zero-order valence-corrected chi connectivity index (χ0v) is 9.10. The molecular weight excluding hydrogens is 190 g/mol. The SMILES string of the molecule is CCC(CC)NCCCS(=O)(=O)O. The van der Waals surface area contributed by atoms with Gasteiger partial charge in [-0.15, -0.1) is 0 Å². The van der Waals surface area contributed by atoms with Crippen molar-refractivity contribution >= 4 is 10.1 Å². The third-order valence-corrected chi connectivity index (χ3v) is 2.80. The lowest BCUT2D eigenvalue weighted by Crippen LogP contribution is -2.29. The molecule has 0 rings (SSSR count). The molecule has 0 unspecified atom stereocenters. The summed E-state index contributed by atoms with van der Waals surface area (Å²) in [5.74, 6) is -0.153. The molecule has 4 nitrogen and oxygen atoms in total. The molecule has 2 N–H and O–H groups in total. The van der Waals surface area contributed by atoms with E-state index in [0.29, 0.717) is 19.0 Å². The normalized spacial score (nSPS) is 12.3. The van der Waals surface area contributed by atoms with Crippen LogP contribution in [0.5, 0.6) is 0 Å². The van der Waals surface area contributed by atoms with Crippen molar-refractivity contribution in [1.29, 1.82) is 0 Å². The zero-order valence-electron chi connectivity index (χ0n) is 8.28. The van der Waals surface area contributed by atoms with Crippen LogP contribution >= 0.6 is 0 Å². The predicted molar refractivity (Wildman–Crippen MR) is 53.4 cm³/mol. The van der Waals surface area contributed by atoms with Crippen LogP contribution < -0.4 is 5.32 Å². The Hall–Kier alpha value is -0.130. The van der Waals surface area contributed by atoms with Crippen molar-refractivity contribution in [3.63, 3.8) is 0 Å². The second-order valence-corrected chi connectivity index (χ2v) is 4.68. The summed E-state index contributed by atoms with van der Waals surface area (Å²) in [5.41, 5.74) is 0. The molecule has 0 aromatic carbocycles. The number of hydrogen-bond donors (Lipinski definition) is 2. The van der Waals surface area contributed by atoms with Gasteiger partial charge in [-0.3, -0.25) is 4.55 Å². The molecule has 0 heterocycles. The fourth-order valence-electron chi connectivity index (χ4n) is 1.14. The Balaban J connectivity index is 3.45. The lowest BCUT2D eigenvalue weighted by molar-refractivity contribution is 0.466. The first kappa shape index (κ1) is 12.9. The van der Waals surface area contributed by atoms with Gasteiger partial charge in [-0.05, 0) is 25.8 Å². The second kappa shape index (κ2) is 6.34. The topological polar surface area (TPSA) is 66.4 Å². The molecule has 0 amide bonds. The van der Waals surface area contributed by atoms with Crippen molar-refractivity contribution in [2.75, 3.05) is 12.3 Å². The van der Waals surface area contributed by atoms with Crippen molar-refractivity contribution in [3.05, 3.63) is 0 Å². The van der Waals surface area contributed by atoms with E-state index in [0.717, 1.165) is 12.8 Å². The fourth-order valence-corrected chi connectivity index (χ4v) is 1.65. The van der Waals surface area contributed by atoms with Crippen LogP contribution in [0.2, 0.25) is 0 Å². The van der Waals surface area contributed by atoms with Crippen LogP contribution in [0, 0.1) is 0 Å². The summed E-state index contributed by atoms with van der Waals surface area (Å²) in [6, 6.07) is 0.460. The zero-order chi connectivity index (χ0) is 10.3. The second-order valence-electron chi connectivity index (χ2n) is 3.11. The van der Waals surface area contributed by atoms with Gasteiger partial charge in [-0.2, -0.15) is 8.42 Å². The summed E-state index contributed by atoms with van der Waals surface area (Å²) in [4.78, 5) is 0. The van der Waals surface area contributed by atoms with Crippen molar-refractivity contribution in [2.24, 2.45) is 0 Å². The molecule has 0 radical (unpaired) electrons. The largest absolute Gasteiger partial charge is 0.314 e. The van der Waals surface area contributed by atoms with Gasteiger partial charge in [0.05, 0.1) is 5.75 Å². The average Bonchev–Trinajstić information content (AvgIpc) is 2.03. The van der Waals surface area contributed by atoms with E-state index in [1.54, 1.807) is 0 Å². The fraction of sp³-hybridized carbons (Fsp3) is 1.00. The highest BCUT2D eigenvalue weighted by Crippen LogP contribution is 1.96. The van der Waals surface area contributed by atoms with E-state index in [1.165, 1.54) is 0 Å². The van der Waals surface area contributed by atoms with Crippen LogP contribution in [0.3, 0.4) is 0 Å². The molecule has 0 fully saturated rings. The van der Waals surface area contributed by atoms with Gasteiger partial charge in [0, 0.05) is 6.04 Å². The highest BCUT2D eigenvalue weighted by Gasteiger charge is 2.05. The molecule has 0 saturated carbocycles. The molecule has 0 aromatic heterocycles. The molecule has 0 aliphatic carbocycles. The third kappa shape index (κ3) is 8.21. The Morgan fingerprint density at radius 1 is 1.31 bits per heavy atom. The average molecular weight is 209 g/mol. The van der Waals surface area contributed by atoms with Crippen molar-refractivity contribution in [1.82, 2.24) is 5.32 Å². The van der Waals surface area contributed by atoms with Crippen LogP contribution in [-0.4, -0.2) is 31.3 Å². The van der Waals surface area contributed by atoms with Crippen LogP contribution in [0.4, 0.5) is 0 Å². The van der Waals surface area contributed by atoms with Crippen molar-refractivity contribution in [2.45, 2.75) is 39.2 Å². The Morgan fingerprint density at radius 3 is 2.23 bits per heavy atom. The van der Waals surface area contributed by atoms with Gasteiger partial charge in [-0.25, -0.2) is 0 Å². The molecule has 0 aromatic rings. The standard InChI is InChI=1S/C8H19NO3S/c1-3-8(4-2)9-6-5-7-13(10,11)12/h8-9H,3-7H2,1-2H3,(H,10,11,12). The molecule has 0 saturated heterocycles. The van der Waals surface area contributed by atoms with Gasteiger partial charge in [0.15, 0.2) is 0 Å². The minimum absolute atomic E-state index is 0.153. The highest BCUT2D eigenvalue weighted by molar-refractivity contribution is 7.85. The van der Waals surface area contributed by atoms with E-state index in [2.05, 4.69) is 19.2 Å². The molecule has 0 aliphatic rings. The summed E-state index contributed by atoms with van der Waals surface area (Å²) in [5, 5.41) is 3.22. The number of nitrogens with one attached hydrogen (secondary N) is 1. The van der Waals surface area contributed by atoms with Crippen molar-refractivity contribution < 1.29 is 13.0 Å². The molecular formula is C8H19NO3S. The maximum absolute atomic E-state index is 10.3. The van der Waals surface area contributed by atoms with Crippen LogP contribution in [0.15, 0.2) is 0 Å². The van der Waals surface area contributed by atoms with Gasteiger partial charge in [0.2, 0.25) is 0 Å². The molecule has 0 spiro atoms. The van der Waals surface area contributed by atoms with E-state index in [1.807, 2.05) is 0 Å². The van der Waals surface area contributed by atoms with Gasteiger partial charge in [-0.1, -0.05) is 13.8 Å². The number of hydrogen-bond acceptors (Lipinski definition) is 3. The molecule has 5 heteroatoms. The van der Waals surface area contributed by atoms with Gasteiger partial charge < -0.3 is 5.32 Å². The molecule has 0 aliphatic heterocycles. The first-order valence-electron chi connectivity index (χ1n) is 4.68. The third-order valence-electron chi connectivity index (χ3n) is 2.00. The minimum atomic E-state index is -3.78. The first-order valence-corrected chi connectivity index (χ1v) is 6.29. The van der Waals surface area contributed by atoms with Crippen LogP contribution in [0.25, 0.3) is 0 Å². The Kier molecular flexibility index (Phi) is 6.28. The summed E-state index contributed by atoms with van der Waals surface area (Å²) >= 11 is 0. The highest BCUT2D eigenvalue weighted by atomic mass is 32.2. The van der Waals surface area contributed by atoms with Crippen molar-refractivity contribution in [3.8, 4) is 0 Å². The maximum atomic E-state index is 10.3. The maximum Gasteiger partial charge on any atom is 0.264 e. The van der Waals surface area contributed by atoms with E-state index >= 15 is 0 Å². The minimum Gasteiger partial charge on any atom is -0.314 e. The Morgan fingerprint density at radius 2 is 1.85 bits per heavy atom. The van der Waals surface area contributed by atoms with E-state index in [-0.39, 0.29) is 5.75 Å². The molecule has 13 heavy (non-hydrogen) atoms. The lowest BCUT2D eigenvalue weighted by atomic mass is 10.2. The summed E-state index contributed by atoms with van der Waals surface area (Å²) in [6.45, 7) is 4.82. The van der Waals surface area contributed by atoms with E-state index in [9.17, 15) is 8.42 Å². The summed E-state index contributed by atoms with van der Waals surface area (Å²) < 4.78 is 29.1. The van der Waals surface area contributed by atoms with Crippen LogP contribution in [-0.2, 0) is 10.1 Å². The predicted octanol–water partition coefficient (Wildman–Crippen LogP) is 1.04. The van der Waals surface area contributed by atoms with Gasteiger partial charge in [0.1, 0.15) is 0 Å². The van der Waals surface area contributed by atoms with E-state index < -0.39 is 10.1 Å². The first-order chi connectivity index (χ1) is 5.99. The molecule has 0 atom stereocenters. The molecule has 0 bridgehead atoms. The summed E-state index contributed by atoms with van der Waals surface area (Å²) in [7, 11) is -3.78.